The molecule has 0 bridgehead atoms. The molecule has 0 N–H and O–H groups in total. The first kappa shape index (κ1) is 33.9. The number of nitrogens with zero attached hydrogens (tertiary/aromatic N) is 2. The van der Waals surface area contributed by atoms with Crippen molar-refractivity contribution < 1.29 is 0 Å². The molecule has 2 heteroatoms. The highest BCUT2D eigenvalue weighted by Crippen LogP contribution is 2.53. The first-order valence-corrected chi connectivity index (χ1v) is 20.1. The predicted molar refractivity (Wildman–Crippen MR) is 245 cm³/mol. The summed E-state index contributed by atoms with van der Waals surface area (Å²) in [6.45, 7) is 4.23. The molecular formula is C56H40N2. The Hall–Kier alpha value is -7.42. The van der Waals surface area contributed by atoms with E-state index in [1.165, 1.54) is 88.1 Å². The van der Waals surface area contributed by atoms with Gasteiger partial charge in [-0.1, -0.05) is 164 Å². The van der Waals surface area contributed by atoms with E-state index in [4.69, 9.17) is 0 Å². The molecular weight excluding hydrogens is 701 g/mol. The molecule has 8 aromatic carbocycles. The summed E-state index contributed by atoms with van der Waals surface area (Å²) in [6, 6.07) is 71.0. The van der Waals surface area contributed by atoms with Gasteiger partial charge in [-0.15, -0.1) is 0 Å². The second-order valence-electron chi connectivity index (χ2n) is 15.4. The van der Waals surface area contributed by atoms with Crippen LogP contribution in [0.3, 0.4) is 0 Å². The number of aromatic nitrogens is 2. The number of benzene rings is 8. The molecule has 2 aromatic heterocycles. The van der Waals surface area contributed by atoms with Gasteiger partial charge in [0, 0.05) is 33.4 Å². The lowest BCUT2D eigenvalue weighted by molar-refractivity contribution is 0.748. The fourth-order valence-corrected chi connectivity index (χ4v) is 9.80. The van der Waals surface area contributed by atoms with Crippen molar-refractivity contribution in [2.45, 2.75) is 11.8 Å². The third-order valence-corrected chi connectivity index (χ3v) is 12.3. The smallest absolute Gasteiger partial charge is 0.0671 e. The van der Waals surface area contributed by atoms with E-state index in [1.54, 1.807) is 0 Å². The van der Waals surface area contributed by atoms with Gasteiger partial charge in [0.1, 0.15) is 0 Å². The van der Waals surface area contributed by atoms with E-state index in [0.29, 0.717) is 0 Å². The van der Waals surface area contributed by atoms with Crippen LogP contribution in [0, 0.1) is 0 Å². The summed E-state index contributed by atoms with van der Waals surface area (Å²) >= 11 is 0. The summed E-state index contributed by atoms with van der Waals surface area (Å²) in [5, 5.41) is 6.16. The van der Waals surface area contributed by atoms with Gasteiger partial charge in [-0.2, -0.15) is 0 Å². The van der Waals surface area contributed by atoms with E-state index in [2.05, 4.69) is 228 Å². The Bertz CT molecular complexity index is 3220. The van der Waals surface area contributed by atoms with Crippen molar-refractivity contribution in [3.05, 3.63) is 253 Å². The molecule has 0 aliphatic heterocycles. The first-order chi connectivity index (χ1) is 28.7. The van der Waals surface area contributed by atoms with Crippen molar-refractivity contribution in [1.29, 1.82) is 0 Å². The zero-order valence-electron chi connectivity index (χ0n) is 32.1. The lowest BCUT2D eigenvalue weighted by atomic mass is 9.67. The summed E-state index contributed by atoms with van der Waals surface area (Å²) in [7, 11) is 0. The molecule has 0 fully saturated rings. The molecule has 0 atom stereocenters. The molecule has 1 aliphatic carbocycles. The molecule has 11 rings (SSSR count). The minimum Gasteiger partial charge on any atom is -0.316 e. The molecule has 58 heavy (non-hydrogen) atoms. The maximum absolute atomic E-state index is 4.23. The molecule has 1 aliphatic rings. The highest BCUT2D eigenvalue weighted by Gasteiger charge is 2.45. The maximum atomic E-state index is 4.23. The lowest BCUT2D eigenvalue weighted by Crippen LogP contribution is -2.29. The van der Waals surface area contributed by atoms with Crippen molar-refractivity contribution in [3.63, 3.8) is 0 Å². The maximum Gasteiger partial charge on any atom is 0.0671 e. The van der Waals surface area contributed by atoms with Gasteiger partial charge in [0.15, 0.2) is 0 Å². The summed E-state index contributed by atoms with van der Waals surface area (Å²) < 4.78 is 4.74. The summed E-state index contributed by atoms with van der Waals surface area (Å²) in [4.78, 5) is 0. The van der Waals surface area contributed by atoms with Gasteiger partial charge in [0.05, 0.1) is 27.7 Å². The van der Waals surface area contributed by atoms with Crippen molar-refractivity contribution in [3.8, 4) is 16.8 Å². The fourth-order valence-electron chi connectivity index (χ4n) is 9.80. The van der Waals surface area contributed by atoms with E-state index in [0.717, 1.165) is 12.1 Å². The van der Waals surface area contributed by atoms with Crippen molar-refractivity contribution >= 4 is 49.2 Å². The number of hydrogen-bond acceptors (Lipinski definition) is 0. The van der Waals surface area contributed by atoms with E-state index in [1.807, 2.05) is 6.08 Å². The Balaban J connectivity index is 1.07. The zero-order valence-corrected chi connectivity index (χ0v) is 32.1. The number of hydrogen-bond donors (Lipinski definition) is 0. The van der Waals surface area contributed by atoms with Crippen LogP contribution in [0.5, 0.6) is 0 Å². The molecule has 2 heterocycles. The monoisotopic (exact) mass is 740 g/mol. The summed E-state index contributed by atoms with van der Waals surface area (Å²) in [5.41, 5.74) is 14.3. The minimum atomic E-state index is -0.448. The van der Waals surface area contributed by atoms with Crippen LogP contribution < -0.4 is 0 Å². The van der Waals surface area contributed by atoms with Crippen molar-refractivity contribution in [1.82, 2.24) is 9.13 Å². The third-order valence-electron chi connectivity index (χ3n) is 12.3. The van der Waals surface area contributed by atoms with Crippen LogP contribution in [-0.2, 0) is 11.8 Å². The summed E-state index contributed by atoms with van der Waals surface area (Å²) in [5.74, 6) is 0. The standard InChI is InChI=1S/C56H40N2/c1-2-16-47(38-46-36-42-18-10-13-26-51(42)56(46,44-20-5-3-6-21-44)45-22-7-4-8-23-45)58-54-27-14-12-25-49(54)50-37-41(30-32-55(50)58)40-29-31-52-43(35-40)33-34-57(52)53-28-15-19-39-17-9-11-24-48(39)53/h2-35,37-38H,1,36H2/b46-38+,47-16+. The Morgan fingerprint density at radius 3 is 1.95 bits per heavy atom. The Labute approximate surface area is 338 Å². The Morgan fingerprint density at radius 2 is 1.16 bits per heavy atom. The van der Waals surface area contributed by atoms with Gasteiger partial charge >= 0.3 is 0 Å². The first-order valence-electron chi connectivity index (χ1n) is 20.1. The van der Waals surface area contributed by atoms with Crippen LogP contribution >= 0.6 is 0 Å². The van der Waals surface area contributed by atoms with Gasteiger partial charge < -0.3 is 9.13 Å². The molecule has 0 unspecified atom stereocenters. The van der Waals surface area contributed by atoms with Crippen LogP contribution in [0.2, 0.25) is 0 Å². The second-order valence-corrected chi connectivity index (χ2v) is 15.4. The molecule has 2 nitrogen and oxygen atoms in total. The molecule has 0 spiro atoms. The number of rotatable bonds is 7. The zero-order chi connectivity index (χ0) is 38.6. The van der Waals surface area contributed by atoms with E-state index in [9.17, 15) is 0 Å². The Morgan fingerprint density at radius 1 is 0.517 bits per heavy atom. The highest BCUT2D eigenvalue weighted by molar-refractivity contribution is 6.12. The molecule has 0 saturated carbocycles. The number of para-hydroxylation sites is 1. The SMILES string of the molecule is C=C/C=C(\C=C1/Cc2ccccc2C1(c1ccccc1)c1ccccc1)n1c2ccccc2c2cc(-c3ccc4c(ccn4-c4cccc5ccccc45)c3)ccc21. The highest BCUT2D eigenvalue weighted by atomic mass is 15.0. The van der Waals surface area contributed by atoms with Gasteiger partial charge in [-0.3, -0.25) is 0 Å². The quantitative estimate of drug-likeness (QED) is 0.144. The molecule has 0 radical (unpaired) electrons. The molecule has 0 amide bonds. The lowest BCUT2D eigenvalue weighted by Gasteiger charge is -2.34. The van der Waals surface area contributed by atoms with Crippen LogP contribution in [0.25, 0.3) is 66.0 Å². The minimum absolute atomic E-state index is 0.448. The Kier molecular flexibility index (Phi) is 7.97. The van der Waals surface area contributed by atoms with Gasteiger partial charge in [0.2, 0.25) is 0 Å². The molecule has 0 saturated heterocycles. The van der Waals surface area contributed by atoms with E-state index in [-0.39, 0.29) is 0 Å². The average Bonchev–Trinajstić information content (AvgIpc) is 3.96. The van der Waals surface area contributed by atoms with Gasteiger partial charge in [-0.05, 0) is 105 Å². The third kappa shape index (κ3) is 5.19. The van der Waals surface area contributed by atoms with Crippen molar-refractivity contribution in [2.75, 3.05) is 0 Å². The van der Waals surface area contributed by atoms with Crippen LogP contribution in [-0.4, -0.2) is 9.13 Å². The van der Waals surface area contributed by atoms with Crippen molar-refractivity contribution in [2.24, 2.45) is 0 Å². The fraction of sp³-hybridized carbons (Fsp3) is 0.0357. The van der Waals surface area contributed by atoms with Gasteiger partial charge in [-0.25, -0.2) is 0 Å². The number of allylic oxidation sites excluding steroid dienone is 5. The predicted octanol–water partition coefficient (Wildman–Crippen LogP) is 14.1. The molecule has 274 valence electrons. The van der Waals surface area contributed by atoms with Gasteiger partial charge in [0.25, 0.3) is 0 Å². The van der Waals surface area contributed by atoms with Crippen LogP contribution in [0.15, 0.2) is 231 Å². The normalized spacial score (nSPS) is 14.5. The average molecular weight is 741 g/mol. The largest absolute Gasteiger partial charge is 0.316 e. The number of fused-ring (bicyclic) bond motifs is 6. The van der Waals surface area contributed by atoms with E-state index < -0.39 is 5.41 Å². The van der Waals surface area contributed by atoms with Crippen LogP contribution in [0.1, 0.15) is 22.3 Å². The summed E-state index contributed by atoms with van der Waals surface area (Å²) in [6.07, 6.45) is 9.58. The second kappa shape index (κ2) is 13.7. The van der Waals surface area contributed by atoms with Crippen LogP contribution in [0.4, 0.5) is 0 Å². The van der Waals surface area contributed by atoms with E-state index >= 15 is 0 Å². The topological polar surface area (TPSA) is 9.86 Å². The molecule has 10 aromatic rings.